The summed E-state index contributed by atoms with van der Waals surface area (Å²) in [6, 6.07) is 7.95. The predicted molar refractivity (Wildman–Crippen MR) is 96.6 cm³/mol. The summed E-state index contributed by atoms with van der Waals surface area (Å²) in [7, 11) is -3.70. The van der Waals surface area contributed by atoms with Crippen LogP contribution in [-0.2, 0) is 21.4 Å². The van der Waals surface area contributed by atoms with E-state index in [0.29, 0.717) is 12.5 Å². The summed E-state index contributed by atoms with van der Waals surface area (Å²) in [5.41, 5.74) is 0.820. The second-order valence-electron chi connectivity index (χ2n) is 6.22. The number of carbonyl (C=O) groups excluding carboxylic acids is 1. The van der Waals surface area contributed by atoms with Gasteiger partial charge in [0.05, 0.1) is 4.90 Å². The first kappa shape index (κ1) is 18.3. The van der Waals surface area contributed by atoms with Gasteiger partial charge in [0.15, 0.2) is 0 Å². The van der Waals surface area contributed by atoms with E-state index in [9.17, 15) is 13.2 Å². The molecule has 2 heterocycles. The maximum atomic E-state index is 12.4. The maximum absolute atomic E-state index is 12.4. The number of anilines is 1. The number of piperidine rings is 1. The van der Waals surface area contributed by atoms with Crippen molar-refractivity contribution in [3.63, 3.8) is 0 Å². The van der Waals surface area contributed by atoms with Crippen molar-refractivity contribution in [3.05, 3.63) is 48.3 Å². The minimum atomic E-state index is -3.70. The normalized spacial score (nSPS) is 15.7. The van der Waals surface area contributed by atoms with Crippen molar-refractivity contribution in [1.82, 2.24) is 15.3 Å². The lowest BCUT2D eigenvalue weighted by Gasteiger charge is -2.31. The molecule has 8 nitrogen and oxygen atoms in total. The third-order valence-electron chi connectivity index (χ3n) is 4.42. The van der Waals surface area contributed by atoms with Gasteiger partial charge in [0.25, 0.3) is 0 Å². The fraction of sp³-hybridized carbons (Fsp3) is 0.353. The predicted octanol–water partition coefficient (Wildman–Crippen LogP) is 0.657. The van der Waals surface area contributed by atoms with Crippen LogP contribution in [0.2, 0.25) is 0 Å². The number of nitrogens with one attached hydrogen (secondary N) is 1. The summed E-state index contributed by atoms with van der Waals surface area (Å²) < 4.78 is 22.5. The lowest BCUT2D eigenvalue weighted by Crippen LogP contribution is -2.41. The number of nitrogens with zero attached hydrogens (tertiary/aromatic N) is 3. The summed E-state index contributed by atoms with van der Waals surface area (Å²) in [5, 5.41) is 7.98. The first-order valence-electron chi connectivity index (χ1n) is 8.35. The number of benzene rings is 1. The van der Waals surface area contributed by atoms with E-state index >= 15 is 0 Å². The van der Waals surface area contributed by atoms with Crippen LogP contribution in [0.4, 0.5) is 5.95 Å². The molecule has 1 fully saturated rings. The number of primary sulfonamides is 1. The Kier molecular flexibility index (Phi) is 5.48. The van der Waals surface area contributed by atoms with E-state index in [1.807, 2.05) is 0 Å². The van der Waals surface area contributed by atoms with Gasteiger partial charge in [0.2, 0.25) is 21.9 Å². The second kappa shape index (κ2) is 7.79. The Morgan fingerprint density at radius 2 is 1.77 bits per heavy atom. The van der Waals surface area contributed by atoms with E-state index < -0.39 is 10.0 Å². The molecule has 0 radical (unpaired) electrons. The zero-order valence-corrected chi connectivity index (χ0v) is 15.0. The summed E-state index contributed by atoms with van der Waals surface area (Å²) in [6.07, 6.45) is 4.91. The van der Waals surface area contributed by atoms with E-state index in [1.54, 1.807) is 30.6 Å². The van der Waals surface area contributed by atoms with Crippen molar-refractivity contribution in [2.45, 2.75) is 24.3 Å². The molecule has 3 rings (SSSR count). The van der Waals surface area contributed by atoms with E-state index in [-0.39, 0.29) is 16.7 Å². The molecule has 3 N–H and O–H groups in total. The molecule has 0 atom stereocenters. The van der Waals surface area contributed by atoms with Gasteiger partial charge in [0, 0.05) is 37.9 Å². The fourth-order valence-electron chi connectivity index (χ4n) is 2.93. The van der Waals surface area contributed by atoms with Crippen molar-refractivity contribution < 1.29 is 13.2 Å². The number of nitrogens with two attached hydrogens (primary N) is 1. The van der Waals surface area contributed by atoms with Crippen molar-refractivity contribution >= 4 is 21.9 Å². The molecule has 1 aromatic heterocycles. The summed E-state index contributed by atoms with van der Waals surface area (Å²) in [6.45, 7) is 1.84. The van der Waals surface area contributed by atoms with E-state index in [2.05, 4.69) is 20.2 Å². The fourth-order valence-corrected chi connectivity index (χ4v) is 3.44. The van der Waals surface area contributed by atoms with Crippen LogP contribution < -0.4 is 15.4 Å². The topological polar surface area (TPSA) is 118 Å². The van der Waals surface area contributed by atoms with Gasteiger partial charge in [-0.3, -0.25) is 4.79 Å². The van der Waals surface area contributed by atoms with Crippen LogP contribution in [0.5, 0.6) is 0 Å². The van der Waals surface area contributed by atoms with Crippen LogP contribution >= 0.6 is 0 Å². The number of aromatic nitrogens is 2. The SMILES string of the molecule is NS(=O)(=O)c1ccc(CNC(=O)C2CCN(c3ncccn3)CC2)cc1. The summed E-state index contributed by atoms with van der Waals surface area (Å²) in [5.74, 6) is 0.661. The molecule has 1 aromatic carbocycles. The molecule has 138 valence electrons. The molecule has 2 aromatic rings. The molecule has 1 saturated heterocycles. The molecule has 1 aliphatic rings. The van der Waals surface area contributed by atoms with Crippen LogP contribution in [0.1, 0.15) is 18.4 Å². The van der Waals surface area contributed by atoms with Gasteiger partial charge in [-0.05, 0) is 36.6 Å². The zero-order valence-electron chi connectivity index (χ0n) is 14.2. The van der Waals surface area contributed by atoms with Gasteiger partial charge in [0.1, 0.15) is 0 Å². The zero-order chi connectivity index (χ0) is 18.6. The van der Waals surface area contributed by atoms with Gasteiger partial charge < -0.3 is 10.2 Å². The first-order valence-corrected chi connectivity index (χ1v) is 9.89. The third kappa shape index (κ3) is 4.55. The highest BCUT2D eigenvalue weighted by atomic mass is 32.2. The Hall–Kier alpha value is -2.52. The Balaban J connectivity index is 1.49. The second-order valence-corrected chi connectivity index (χ2v) is 7.78. The lowest BCUT2D eigenvalue weighted by molar-refractivity contribution is -0.125. The van der Waals surface area contributed by atoms with Crippen LogP contribution in [0.25, 0.3) is 0 Å². The molecule has 0 bridgehead atoms. The maximum Gasteiger partial charge on any atom is 0.238 e. The molecule has 9 heteroatoms. The first-order chi connectivity index (χ1) is 12.4. The van der Waals surface area contributed by atoms with E-state index in [0.717, 1.165) is 31.5 Å². The largest absolute Gasteiger partial charge is 0.352 e. The number of rotatable bonds is 5. The molecule has 0 aliphatic carbocycles. The average Bonchev–Trinajstić information content (AvgIpc) is 2.66. The van der Waals surface area contributed by atoms with Gasteiger partial charge in [-0.2, -0.15) is 0 Å². The van der Waals surface area contributed by atoms with Crippen LogP contribution in [-0.4, -0.2) is 37.4 Å². The molecule has 0 unspecified atom stereocenters. The van der Waals surface area contributed by atoms with Gasteiger partial charge >= 0.3 is 0 Å². The van der Waals surface area contributed by atoms with Crippen LogP contribution in [0.3, 0.4) is 0 Å². The monoisotopic (exact) mass is 375 g/mol. The molecule has 0 saturated carbocycles. The number of amides is 1. The van der Waals surface area contributed by atoms with Crippen molar-refractivity contribution in [2.75, 3.05) is 18.0 Å². The van der Waals surface area contributed by atoms with Crippen LogP contribution in [0, 0.1) is 5.92 Å². The highest BCUT2D eigenvalue weighted by molar-refractivity contribution is 7.89. The number of hydrogen-bond acceptors (Lipinski definition) is 6. The lowest BCUT2D eigenvalue weighted by atomic mass is 9.96. The number of hydrogen-bond donors (Lipinski definition) is 2. The van der Waals surface area contributed by atoms with E-state index in [4.69, 9.17) is 5.14 Å². The van der Waals surface area contributed by atoms with Crippen molar-refractivity contribution in [3.8, 4) is 0 Å². The van der Waals surface area contributed by atoms with Crippen molar-refractivity contribution in [2.24, 2.45) is 11.1 Å². The number of sulfonamides is 1. The van der Waals surface area contributed by atoms with Gasteiger partial charge in [-0.15, -0.1) is 0 Å². The minimum Gasteiger partial charge on any atom is -0.352 e. The Morgan fingerprint density at radius 1 is 1.15 bits per heavy atom. The molecular formula is C17H21N5O3S. The van der Waals surface area contributed by atoms with Gasteiger partial charge in [-0.25, -0.2) is 23.5 Å². The standard InChI is InChI=1S/C17H21N5O3S/c18-26(24,25)15-4-2-13(3-5-15)12-21-16(23)14-6-10-22(11-7-14)17-19-8-1-9-20-17/h1-5,8-9,14H,6-7,10-12H2,(H,21,23)(H2,18,24,25). The Bertz CT molecular complexity index is 848. The highest BCUT2D eigenvalue weighted by Crippen LogP contribution is 2.20. The average molecular weight is 375 g/mol. The van der Waals surface area contributed by atoms with Crippen LogP contribution in [0.15, 0.2) is 47.6 Å². The summed E-state index contributed by atoms with van der Waals surface area (Å²) >= 11 is 0. The Labute approximate surface area is 152 Å². The molecule has 1 aliphatic heterocycles. The molecule has 26 heavy (non-hydrogen) atoms. The quantitative estimate of drug-likeness (QED) is 0.792. The van der Waals surface area contributed by atoms with Crippen molar-refractivity contribution in [1.29, 1.82) is 0 Å². The number of carbonyl (C=O) groups is 1. The molecule has 1 amide bonds. The molecular weight excluding hydrogens is 354 g/mol. The Morgan fingerprint density at radius 3 is 2.35 bits per heavy atom. The summed E-state index contributed by atoms with van der Waals surface area (Å²) in [4.78, 5) is 23.0. The van der Waals surface area contributed by atoms with E-state index in [1.165, 1.54) is 12.1 Å². The minimum absolute atomic E-state index is 0.00847. The third-order valence-corrected chi connectivity index (χ3v) is 5.35. The highest BCUT2D eigenvalue weighted by Gasteiger charge is 2.25. The smallest absolute Gasteiger partial charge is 0.238 e. The van der Waals surface area contributed by atoms with Gasteiger partial charge in [-0.1, -0.05) is 12.1 Å². The molecule has 0 spiro atoms.